The number of aromatic nitrogens is 4. The minimum Gasteiger partial charge on any atom is -0.382 e. The van der Waals surface area contributed by atoms with Crippen molar-refractivity contribution in [1.29, 1.82) is 0 Å². The molecule has 5 aromatic rings. The Kier molecular flexibility index (Phi) is 6.10. The van der Waals surface area contributed by atoms with Crippen molar-refractivity contribution in [3.05, 3.63) is 112 Å². The number of carbonyl (C=O) groups excluding carboxylic acids is 1. The van der Waals surface area contributed by atoms with Gasteiger partial charge in [0.1, 0.15) is 22.9 Å². The molecule has 0 bridgehead atoms. The van der Waals surface area contributed by atoms with Crippen molar-refractivity contribution in [3.63, 3.8) is 0 Å². The minimum absolute atomic E-state index is 0.0633. The van der Waals surface area contributed by atoms with E-state index in [0.29, 0.717) is 39.6 Å². The Morgan fingerprint density at radius 3 is 2.41 bits per heavy atom. The number of nitrogens with zero attached hydrogens (tertiary/aromatic N) is 4. The maximum absolute atomic E-state index is 13.7. The first-order valence-corrected chi connectivity index (χ1v) is 11.5. The molecule has 3 N–H and O–H groups in total. The summed E-state index contributed by atoms with van der Waals surface area (Å²) in [7, 11) is 1.73. The summed E-state index contributed by atoms with van der Waals surface area (Å²) in [5.41, 5.74) is 9.60. The van der Waals surface area contributed by atoms with E-state index in [9.17, 15) is 14.0 Å². The molecule has 0 aliphatic heterocycles. The van der Waals surface area contributed by atoms with Crippen LogP contribution in [0.5, 0.6) is 0 Å². The standard InChI is InChI=1S/C28H23FN6O2/c1-17-24(28(37)35(34(17)2)22-9-4-3-5-10-22)27(36)32-21-13-11-18(12-14-21)25-26(30)31-16-23(33-25)19-7-6-8-20(29)15-19/h3-16H,1-2H3,(H2,30,31)(H,32,36). The summed E-state index contributed by atoms with van der Waals surface area (Å²) in [4.78, 5) is 35.0. The maximum Gasteiger partial charge on any atom is 0.284 e. The normalized spacial score (nSPS) is 10.9. The fourth-order valence-electron chi connectivity index (χ4n) is 4.13. The molecule has 0 aliphatic carbocycles. The molecular formula is C28H23FN6O2. The molecule has 0 aliphatic rings. The van der Waals surface area contributed by atoms with Gasteiger partial charge in [-0.25, -0.2) is 19.0 Å². The number of nitrogens with one attached hydrogen (secondary N) is 1. The van der Waals surface area contributed by atoms with Gasteiger partial charge >= 0.3 is 0 Å². The molecule has 3 aromatic carbocycles. The summed E-state index contributed by atoms with van der Waals surface area (Å²) in [5, 5.41) is 2.79. The molecule has 0 saturated heterocycles. The van der Waals surface area contributed by atoms with Gasteiger partial charge in [0.15, 0.2) is 0 Å². The highest BCUT2D eigenvalue weighted by Gasteiger charge is 2.22. The van der Waals surface area contributed by atoms with Crippen LogP contribution in [0.4, 0.5) is 15.9 Å². The molecular weight excluding hydrogens is 471 g/mol. The lowest BCUT2D eigenvalue weighted by atomic mass is 10.1. The third-order valence-electron chi connectivity index (χ3n) is 6.12. The Morgan fingerprint density at radius 2 is 1.70 bits per heavy atom. The molecule has 1 amide bonds. The number of rotatable bonds is 5. The predicted molar refractivity (Wildman–Crippen MR) is 141 cm³/mol. The van der Waals surface area contributed by atoms with Crippen molar-refractivity contribution in [2.45, 2.75) is 6.92 Å². The first kappa shape index (κ1) is 23.7. The van der Waals surface area contributed by atoms with E-state index in [0.717, 1.165) is 0 Å². The van der Waals surface area contributed by atoms with Gasteiger partial charge in [-0.3, -0.25) is 14.3 Å². The van der Waals surface area contributed by atoms with Crippen LogP contribution in [0.15, 0.2) is 89.9 Å². The molecule has 0 spiro atoms. The van der Waals surface area contributed by atoms with Crippen molar-refractivity contribution in [3.8, 4) is 28.2 Å². The Labute approximate surface area is 211 Å². The van der Waals surface area contributed by atoms with E-state index in [1.807, 2.05) is 18.2 Å². The molecule has 37 heavy (non-hydrogen) atoms. The van der Waals surface area contributed by atoms with Gasteiger partial charge in [-0.05, 0) is 43.3 Å². The lowest BCUT2D eigenvalue weighted by Gasteiger charge is -2.09. The third-order valence-corrected chi connectivity index (χ3v) is 6.12. The van der Waals surface area contributed by atoms with Gasteiger partial charge in [0, 0.05) is 23.9 Å². The number of para-hydroxylation sites is 1. The third kappa shape index (κ3) is 4.50. The van der Waals surface area contributed by atoms with Crippen molar-refractivity contribution >= 4 is 17.4 Å². The maximum atomic E-state index is 13.7. The highest BCUT2D eigenvalue weighted by molar-refractivity contribution is 6.05. The molecule has 184 valence electrons. The Bertz CT molecular complexity index is 1670. The number of hydrogen-bond donors (Lipinski definition) is 2. The predicted octanol–water partition coefficient (Wildman–Crippen LogP) is 4.58. The molecule has 2 aromatic heterocycles. The van der Waals surface area contributed by atoms with Gasteiger partial charge in [0.25, 0.3) is 11.5 Å². The van der Waals surface area contributed by atoms with Crippen LogP contribution in [-0.4, -0.2) is 25.2 Å². The zero-order valence-electron chi connectivity index (χ0n) is 20.1. The van der Waals surface area contributed by atoms with Crippen LogP contribution in [0.25, 0.3) is 28.2 Å². The van der Waals surface area contributed by atoms with Crippen LogP contribution < -0.4 is 16.6 Å². The lowest BCUT2D eigenvalue weighted by molar-refractivity contribution is 0.102. The Balaban J connectivity index is 1.41. The number of nitrogen functional groups attached to an aromatic ring is 1. The van der Waals surface area contributed by atoms with Gasteiger partial charge in [-0.2, -0.15) is 0 Å². The number of halogens is 1. The topological polar surface area (TPSA) is 108 Å². The average molecular weight is 495 g/mol. The molecule has 0 saturated carbocycles. The van der Waals surface area contributed by atoms with Crippen molar-refractivity contribution in [1.82, 2.24) is 19.3 Å². The highest BCUT2D eigenvalue weighted by atomic mass is 19.1. The monoisotopic (exact) mass is 494 g/mol. The molecule has 0 atom stereocenters. The van der Waals surface area contributed by atoms with Crippen molar-refractivity contribution in [2.75, 3.05) is 11.1 Å². The first-order valence-electron chi connectivity index (χ1n) is 11.5. The van der Waals surface area contributed by atoms with E-state index in [1.54, 1.807) is 67.2 Å². The van der Waals surface area contributed by atoms with Crippen LogP contribution in [0.3, 0.4) is 0 Å². The minimum atomic E-state index is -0.507. The Hall–Kier alpha value is -5.05. The largest absolute Gasteiger partial charge is 0.382 e. The molecule has 2 heterocycles. The summed E-state index contributed by atoms with van der Waals surface area (Å²) in [5.74, 6) is -0.659. The number of benzene rings is 3. The van der Waals surface area contributed by atoms with E-state index < -0.39 is 11.5 Å². The number of anilines is 2. The molecule has 9 heteroatoms. The molecule has 0 radical (unpaired) electrons. The Morgan fingerprint density at radius 1 is 0.973 bits per heavy atom. The summed E-state index contributed by atoms with van der Waals surface area (Å²) < 4.78 is 16.8. The van der Waals surface area contributed by atoms with E-state index in [-0.39, 0.29) is 17.2 Å². The second kappa shape index (κ2) is 9.54. The van der Waals surface area contributed by atoms with Gasteiger partial charge < -0.3 is 11.1 Å². The molecule has 8 nitrogen and oxygen atoms in total. The number of hydrogen-bond acceptors (Lipinski definition) is 5. The molecule has 0 fully saturated rings. The lowest BCUT2D eigenvalue weighted by Crippen LogP contribution is -2.25. The van der Waals surface area contributed by atoms with Gasteiger partial charge in [0.05, 0.1) is 23.3 Å². The molecule has 5 rings (SSSR count). The highest BCUT2D eigenvalue weighted by Crippen LogP contribution is 2.27. The van der Waals surface area contributed by atoms with Crippen LogP contribution in [0.1, 0.15) is 16.1 Å². The zero-order chi connectivity index (χ0) is 26.1. The zero-order valence-corrected chi connectivity index (χ0v) is 20.1. The summed E-state index contributed by atoms with van der Waals surface area (Å²) in [6, 6.07) is 22.1. The fourth-order valence-corrected chi connectivity index (χ4v) is 4.13. The van der Waals surface area contributed by atoms with Gasteiger partial charge in [-0.1, -0.05) is 42.5 Å². The number of carbonyl (C=O) groups is 1. The van der Waals surface area contributed by atoms with E-state index in [4.69, 9.17) is 5.73 Å². The van der Waals surface area contributed by atoms with Crippen LogP contribution in [-0.2, 0) is 7.05 Å². The smallest absolute Gasteiger partial charge is 0.284 e. The second-order valence-corrected chi connectivity index (χ2v) is 8.47. The summed E-state index contributed by atoms with van der Waals surface area (Å²) in [6.45, 7) is 1.73. The average Bonchev–Trinajstić information content (AvgIpc) is 3.13. The van der Waals surface area contributed by atoms with E-state index in [1.165, 1.54) is 23.0 Å². The fraction of sp³-hybridized carbons (Fsp3) is 0.0714. The van der Waals surface area contributed by atoms with E-state index >= 15 is 0 Å². The molecule has 0 unspecified atom stereocenters. The second-order valence-electron chi connectivity index (χ2n) is 8.47. The van der Waals surface area contributed by atoms with Crippen molar-refractivity contribution in [2.24, 2.45) is 7.05 Å². The number of amides is 1. The van der Waals surface area contributed by atoms with Crippen LogP contribution >= 0.6 is 0 Å². The first-order chi connectivity index (χ1) is 17.8. The summed E-state index contributed by atoms with van der Waals surface area (Å²) >= 11 is 0. The number of nitrogens with two attached hydrogens (primary N) is 1. The van der Waals surface area contributed by atoms with Crippen LogP contribution in [0.2, 0.25) is 0 Å². The summed E-state index contributed by atoms with van der Waals surface area (Å²) in [6.07, 6.45) is 1.49. The van der Waals surface area contributed by atoms with Gasteiger partial charge in [0.2, 0.25) is 0 Å². The van der Waals surface area contributed by atoms with Crippen LogP contribution in [0, 0.1) is 12.7 Å². The van der Waals surface area contributed by atoms with Crippen molar-refractivity contribution < 1.29 is 9.18 Å². The quantitative estimate of drug-likeness (QED) is 0.372. The van der Waals surface area contributed by atoms with E-state index in [2.05, 4.69) is 15.3 Å². The SMILES string of the molecule is Cc1c(C(=O)Nc2ccc(-c3nc(-c4cccc(F)c4)cnc3N)cc2)c(=O)n(-c2ccccc2)n1C. The van der Waals surface area contributed by atoms with Gasteiger partial charge in [-0.15, -0.1) is 0 Å².